The molecule has 0 bridgehead atoms. The van der Waals surface area contributed by atoms with Gasteiger partial charge in [-0.2, -0.15) is 5.10 Å². The van der Waals surface area contributed by atoms with Gasteiger partial charge < -0.3 is 20.1 Å². The molecule has 2 fully saturated rings. The van der Waals surface area contributed by atoms with E-state index < -0.39 is 0 Å². The van der Waals surface area contributed by atoms with Gasteiger partial charge in [-0.15, -0.1) is 0 Å². The zero-order valence-corrected chi connectivity index (χ0v) is 31.8. The fourth-order valence-electron chi connectivity index (χ4n) is 7.03. The first kappa shape index (κ1) is 36.0. The van der Waals surface area contributed by atoms with Crippen LogP contribution in [0.4, 0.5) is 11.5 Å². The van der Waals surface area contributed by atoms with Crippen molar-refractivity contribution < 1.29 is 19.1 Å². The van der Waals surface area contributed by atoms with Crippen molar-refractivity contribution in [1.29, 1.82) is 0 Å². The van der Waals surface area contributed by atoms with Crippen LogP contribution in [0, 0.1) is 19.8 Å². The third-order valence-corrected chi connectivity index (χ3v) is 10.7. The second kappa shape index (κ2) is 16.9. The molecule has 1 aromatic carbocycles. The van der Waals surface area contributed by atoms with Crippen LogP contribution in [0.2, 0.25) is 4.44 Å². The molecule has 2 aliphatic heterocycles. The number of carbonyl (C=O) groups excluding carboxylic acids is 2. The van der Waals surface area contributed by atoms with Gasteiger partial charge in [-0.1, -0.05) is 0 Å². The first-order valence-electron chi connectivity index (χ1n) is 17.1. The van der Waals surface area contributed by atoms with Crippen molar-refractivity contribution in [3.63, 3.8) is 0 Å². The molecule has 2 aliphatic rings. The van der Waals surface area contributed by atoms with E-state index in [1.54, 1.807) is 7.11 Å². The number of likely N-dealkylation sites (tertiary alicyclic amines) is 1. The minimum atomic E-state index is -0.210. The van der Waals surface area contributed by atoms with Crippen LogP contribution in [0.1, 0.15) is 60.7 Å². The topological polar surface area (TPSA) is 119 Å². The Hall–Kier alpha value is -3.32. The van der Waals surface area contributed by atoms with Crippen molar-refractivity contribution >= 4 is 45.9 Å². The van der Waals surface area contributed by atoms with Gasteiger partial charge in [-0.3, -0.25) is 4.79 Å². The molecule has 0 saturated carbocycles. The molecule has 2 aromatic heterocycles. The van der Waals surface area contributed by atoms with E-state index >= 15 is 0 Å². The molecule has 257 valence electrons. The van der Waals surface area contributed by atoms with E-state index in [1.807, 2.05) is 28.6 Å². The van der Waals surface area contributed by atoms with Crippen molar-refractivity contribution in [2.24, 2.45) is 5.92 Å². The Kier molecular flexibility index (Phi) is 12.6. The number of nitrogens with zero attached hydrogens (tertiary/aromatic N) is 6. The number of aryl methyl sites for hydroxylation is 3. The molecule has 0 spiro atoms. The predicted molar refractivity (Wildman–Crippen MR) is 189 cm³/mol. The average Bonchev–Trinajstić information content (AvgIpc) is 3.69. The minimum Gasteiger partial charge on any atom is -0.173 e. The van der Waals surface area contributed by atoms with Crippen LogP contribution in [-0.4, -0.2) is 119 Å². The van der Waals surface area contributed by atoms with E-state index in [1.165, 1.54) is 29.6 Å². The van der Waals surface area contributed by atoms with E-state index in [-0.39, 0.29) is 17.8 Å². The summed E-state index contributed by atoms with van der Waals surface area (Å²) in [5.74, 6) is 1.59. The summed E-state index contributed by atoms with van der Waals surface area (Å²) >= 11 is 1.48. The molecule has 48 heavy (non-hydrogen) atoms. The number of hydrogen-bond acceptors (Lipinski definition) is 9. The van der Waals surface area contributed by atoms with E-state index in [2.05, 4.69) is 46.0 Å². The van der Waals surface area contributed by atoms with Gasteiger partial charge in [0, 0.05) is 24.5 Å². The molecule has 3 radical (unpaired) electrons. The van der Waals surface area contributed by atoms with Crippen LogP contribution >= 0.6 is 0 Å². The first-order valence-corrected chi connectivity index (χ1v) is 19.1. The molecule has 2 unspecified atom stereocenters. The number of methoxy groups -OCH3 is 2. The molecular weight excluding hydrogens is 713 g/mol. The molecule has 5 rings (SSSR count). The molecule has 0 aliphatic carbocycles. The van der Waals surface area contributed by atoms with Crippen LogP contribution in [0.25, 0.3) is 5.69 Å². The number of amides is 1. The summed E-state index contributed by atoms with van der Waals surface area (Å²) in [7, 11) is 3.07. The van der Waals surface area contributed by atoms with Gasteiger partial charge in [0.1, 0.15) is 0 Å². The number of pyridine rings is 1. The van der Waals surface area contributed by atoms with Gasteiger partial charge in [0.15, 0.2) is 11.6 Å². The SMILES string of the molecule is COC(=O)CC(CN1CCC(CCc2ccc(OC)c(N)n2)C1)c1cc(N2CCN(C(=O)CC[CH2][Sn])CC2)cc(-n2nc(C)cc2C)c1. The summed E-state index contributed by atoms with van der Waals surface area (Å²) in [6.07, 6.45) is 4.92. The Labute approximate surface area is 298 Å². The summed E-state index contributed by atoms with van der Waals surface area (Å²) in [4.78, 5) is 36.9. The number of hydrogen-bond donors (Lipinski definition) is 1. The number of aromatic nitrogens is 3. The monoisotopic (exact) mass is 764 g/mol. The molecule has 3 aromatic rings. The summed E-state index contributed by atoms with van der Waals surface area (Å²) in [5.41, 5.74) is 12.2. The van der Waals surface area contributed by atoms with Gasteiger partial charge in [0.05, 0.1) is 26.3 Å². The summed E-state index contributed by atoms with van der Waals surface area (Å²) in [6.45, 7) is 9.78. The maximum atomic E-state index is 12.8. The summed E-state index contributed by atoms with van der Waals surface area (Å²) < 4.78 is 13.6. The summed E-state index contributed by atoms with van der Waals surface area (Å²) in [5, 5.41) is 4.81. The molecule has 2 atom stereocenters. The van der Waals surface area contributed by atoms with Gasteiger partial charge in [-0.25, -0.2) is 4.98 Å². The number of nitrogen functional groups attached to an aromatic ring is 1. The number of nitrogens with two attached hydrogens (primary N) is 1. The molecule has 1 amide bonds. The Morgan fingerprint density at radius 3 is 2.48 bits per heavy atom. The normalized spacial score (nSPS) is 17.5. The fraction of sp³-hybridized carbons (Fsp3) is 0.556. The van der Waals surface area contributed by atoms with Gasteiger partial charge in [-0.05, 0) is 63.8 Å². The third-order valence-electron chi connectivity index (χ3n) is 9.68. The number of ether oxygens (including phenoxy) is 2. The Morgan fingerprint density at radius 2 is 1.81 bits per heavy atom. The molecule has 2 N–H and O–H groups in total. The standard InChI is InChI=1S/C36H50N7O4.Sn/c1-6-7-34(44)42-16-14-41(15-17-42)31-19-28(20-32(22-31)43-26(3)18-25(2)39-43)29(21-35(45)47-5)24-40-13-12-27(23-40)8-9-30-10-11-33(46-4)36(37)38-30;/h10-11,18-20,22,27,29H,1,6-9,12-17,21,23-24H2,2-5H3,(H2,37,38);. The van der Waals surface area contributed by atoms with Gasteiger partial charge in [0.2, 0.25) is 0 Å². The van der Waals surface area contributed by atoms with E-state index in [0.717, 1.165) is 110 Å². The smallest absolute Gasteiger partial charge is 0.173 e. The first-order chi connectivity index (χ1) is 23.2. The molecule has 11 nitrogen and oxygen atoms in total. The van der Waals surface area contributed by atoms with Crippen LogP contribution < -0.4 is 15.4 Å². The molecule has 2 saturated heterocycles. The van der Waals surface area contributed by atoms with E-state index in [9.17, 15) is 9.59 Å². The number of esters is 1. The van der Waals surface area contributed by atoms with Crippen molar-refractivity contribution in [2.75, 3.05) is 70.7 Å². The third kappa shape index (κ3) is 9.22. The number of anilines is 2. The Bertz CT molecular complexity index is 1560. The number of benzene rings is 1. The van der Waals surface area contributed by atoms with Crippen molar-refractivity contribution in [2.45, 2.75) is 62.7 Å². The van der Waals surface area contributed by atoms with Crippen LogP contribution in [0.15, 0.2) is 36.4 Å². The second-order valence-electron chi connectivity index (χ2n) is 13.2. The van der Waals surface area contributed by atoms with Gasteiger partial charge >= 0.3 is 138 Å². The molecule has 12 heteroatoms. The van der Waals surface area contributed by atoms with E-state index in [4.69, 9.17) is 20.3 Å². The number of carbonyl (C=O) groups is 2. The van der Waals surface area contributed by atoms with Crippen LogP contribution in [0.5, 0.6) is 5.75 Å². The maximum absolute atomic E-state index is 12.8. The summed E-state index contributed by atoms with van der Waals surface area (Å²) in [6, 6.07) is 12.6. The van der Waals surface area contributed by atoms with Crippen molar-refractivity contribution in [1.82, 2.24) is 24.6 Å². The predicted octanol–water partition coefficient (Wildman–Crippen LogP) is 4.09. The fourth-order valence-corrected chi connectivity index (χ4v) is 7.53. The zero-order chi connectivity index (χ0) is 34.2. The number of piperazine rings is 1. The van der Waals surface area contributed by atoms with Gasteiger partial charge in [0.25, 0.3) is 0 Å². The average molecular weight is 764 g/mol. The minimum absolute atomic E-state index is 0.0471. The quantitative estimate of drug-likeness (QED) is 0.192. The second-order valence-corrected chi connectivity index (χ2v) is 14.6. The molecule has 4 heterocycles. The van der Waals surface area contributed by atoms with Crippen molar-refractivity contribution in [3.05, 3.63) is 59.0 Å². The number of rotatable bonds is 14. The Balaban J connectivity index is 1.34. The van der Waals surface area contributed by atoms with E-state index in [0.29, 0.717) is 30.3 Å². The Morgan fingerprint density at radius 1 is 1.04 bits per heavy atom. The van der Waals surface area contributed by atoms with Crippen molar-refractivity contribution in [3.8, 4) is 11.4 Å². The zero-order valence-electron chi connectivity index (χ0n) is 28.9. The van der Waals surface area contributed by atoms with Crippen LogP contribution in [0.3, 0.4) is 0 Å². The van der Waals surface area contributed by atoms with Crippen LogP contribution in [-0.2, 0) is 20.7 Å². The molecular formula is C36H50N7O4Sn.